The van der Waals surface area contributed by atoms with Crippen LogP contribution in [0.25, 0.3) is 0 Å². The van der Waals surface area contributed by atoms with E-state index in [-0.39, 0.29) is 13.2 Å². The van der Waals surface area contributed by atoms with Crippen molar-refractivity contribution in [2.24, 2.45) is 0 Å². The van der Waals surface area contributed by atoms with Crippen molar-refractivity contribution in [3.8, 4) is 0 Å². The van der Waals surface area contributed by atoms with E-state index in [1.165, 1.54) is 0 Å². The van der Waals surface area contributed by atoms with Gasteiger partial charge in [0.2, 0.25) is 0 Å². The molecule has 0 radical (unpaired) electrons. The SMILES string of the molecule is CCCS(C)(CC)OP(=O)([O-])[O-].[NH3+]CCO.[NH3+]CCO. The Kier molecular flexibility index (Phi) is 19.8. The van der Waals surface area contributed by atoms with Crippen LogP contribution in [0.5, 0.6) is 0 Å². The van der Waals surface area contributed by atoms with Gasteiger partial charge < -0.3 is 40.0 Å². The van der Waals surface area contributed by atoms with Crippen LogP contribution in [0.1, 0.15) is 20.3 Å². The second kappa shape index (κ2) is 15.7. The smallest absolute Gasteiger partial charge is 0.0974 e. The maximum absolute atomic E-state index is 10.4. The lowest BCUT2D eigenvalue weighted by atomic mass is 10.6. The van der Waals surface area contributed by atoms with Crippen LogP contribution in [0, 0.1) is 0 Å². The Balaban J connectivity index is -0.000000297. The lowest BCUT2D eigenvalue weighted by molar-refractivity contribution is -0.372. The fourth-order valence-electron chi connectivity index (χ4n) is 0.886. The molecular weight excluding hydrogens is 307 g/mol. The highest BCUT2D eigenvalue weighted by Crippen LogP contribution is 2.54. The topological polar surface area (TPSA) is 168 Å². The highest BCUT2D eigenvalue weighted by molar-refractivity contribution is 8.30. The van der Waals surface area contributed by atoms with E-state index in [9.17, 15) is 14.4 Å². The molecule has 0 amide bonds. The van der Waals surface area contributed by atoms with Crippen molar-refractivity contribution in [1.29, 1.82) is 0 Å². The second-order valence-electron chi connectivity index (χ2n) is 3.85. The minimum Gasteiger partial charge on any atom is -0.789 e. The standard InChI is InChI=1S/C6H17O4PS.2C2H7NO/c1-4-6-12(3,5-2)10-11(7,8)9;2*3-1-2-4/h4-6H2,1-3H3,(H2,7,8,9);2*4H,1-3H2. The molecule has 1 atom stereocenters. The van der Waals surface area contributed by atoms with Crippen molar-refractivity contribution in [3.63, 3.8) is 0 Å². The summed E-state index contributed by atoms with van der Waals surface area (Å²) in [4.78, 5) is 20.7. The molecule has 0 spiro atoms. The van der Waals surface area contributed by atoms with Crippen molar-refractivity contribution in [1.82, 2.24) is 0 Å². The second-order valence-corrected chi connectivity index (χ2v) is 8.70. The minimum absolute atomic E-state index is 0.208. The van der Waals surface area contributed by atoms with Gasteiger partial charge in [-0.1, -0.05) is 13.8 Å². The van der Waals surface area contributed by atoms with Gasteiger partial charge in [0.05, 0.1) is 34.1 Å². The minimum atomic E-state index is -4.80. The predicted molar refractivity (Wildman–Crippen MR) is 77.6 cm³/mol. The average Bonchev–Trinajstić information content (AvgIpc) is 2.37. The van der Waals surface area contributed by atoms with E-state index in [4.69, 9.17) is 10.2 Å². The molecule has 128 valence electrons. The Bertz CT molecular complexity index is 236. The fourth-order valence-corrected chi connectivity index (χ4v) is 4.52. The summed E-state index contributed by atoms with van der Waals surface area (Å²) < 4.78 is 14.9. The van der Waals surface area contributed by atoms with Gasteiger partial charge >= 0.3 is 0 Å². The molecule has 8 N–H and O–H groups in total. The number of phosphoric acid groups is 1. The van der Waals surface area contributed by atoms with Gasteiger partial charge in [0.15, 0.2) is 0 Å². The summed E-state index contributed by atoms with van der Waals surface area (Å²) in [6, 6.07) is 0. The Morgan fingerprint density at radius 1 is 1.15 bits per heavy atom. The highest BCUT2D eigenvalue weighted by atomic mass is 32.3. The zero-order valence-electron chi connectivity index (χ0n) is 12.7. The zero-order chi connectivity index (χ0) is 16.7. The molecule has 0 bridgehead atoms. The number of rotatable bonds is 7. The van der Waals surface area contributed by atoms with Crippen LogP contribution in [0.3, 0.4) is 0 Å². The van der Waals surface area contributed by atoms with E-state index in [0.29, 0.717) is 24.6 Å². The highest BCUT2D eigenvalue weighted by Gasteiger charge is 2.16. The summed E-state index contributed by atoms with van der Waals surface area (Å²) in [6.45, 7) is 5.44. The van der Waals surface area contributed by atoms with Crippen LogP contribution in [0.15, 0.2) is 0 Å². The quantitative estimate of drug-likeness (QED) is 0.362. The normalized spacial score (nSPS) is 15.1. The Morgan fingerprint density at radius 2 is 1.50 bits per heavy atom. The first-order valence-corrected chi connectivity index (χ1v) is 10.2. The van der Waals surface area contributed by atoms with E-state index in [1.807, 2.05) is 13.8 Å². The van der Waals surface area contributed by atoms with Crippen molar-refractivity contribution < 1.29 is 40.0 Å². The van der Waals surface area contributed by atoms with Crippen LogP contribution >= 0.6 is 18.1 Å². The third-order valence-corrected chi connectivity index (χ3v) is 6.50. The largest absolute Gasteiger partial charge is 0.789 e. The molecule has 0 saturated carbocycles. The molecule has 1 unspecified atom stereocenters. The molecule has 0 saturated heterocycles. The number of quaternary nitrogens is 2. The third-order valence-electron chi connectivity index (χ3n) is 1.83. The molecule has 0 aliphatic carbocycles. The first kappa shape index (κ1) is 25.3. The number of hydrogen-bond donors (Lipinski definition) is 4. The monoisotopic (exact) mass is 338 g/mol. The summed E-state index contributed by atoms with van der Waals surface area (Å²) in [6.07, 6.45) is 2.55. The van der Waals surface area contributed by atoms with Gasteiger partial charge in [-0.05, 0) is 24.2 Å². The van der Waals surface area contributed by atoms with Gasteiger partial charge in [-0.25, -0.2) is 0 Å². The zero-order valence-corrected chi connectivity index (χ0v) is 14.5. The van der Waals surface area contributed by atoms with E-state index >= 15 is 0 Å². The molecule has 0 aromatic rings. The summed E-state index contributed by atoms with van der Waals surface area (Å²) >= 11 is 0. The fraction of sp³-hybridized carbons (Fsp3) is 1.00. The molecule has 0 aromatic heterocycles. The first-order chi connectivity index (χ1) is 9.16. The number of aliphatic hydroxyl groups excluding tert-OH is 2. The lowest BCUT2D eigenvalue weighted by Gasteiger charge is -2.43. The molecule has 8 nitrogen and oxygen atoms in total. The summed E-state index contributed by atoms with van der Waals surface area (Å²) in [5.74, 6) is 1.27. The predicted octanol–water partition coefficient (Wildman–Crippen LogP) is -2.95. The summed E-state index contributed by atoms with van der Waals surface area (Å²) in [7, 11) is -6.47. The molecule has 0 fully saturated rings. The number of hydrogen-bond acceptors (Lipinski definition) is 6. The van der Waals surface area contributed by atoms with Crippen molar-refractivity contribution in [3.05, 3.63) is 0 Å². The molecule has 0 aliphatic rings. The average molecular weight is 338 g/mol. The molecule has 0 aromatic carbocycles. The van der Waals surface area contributed by atoms with Gasteiger partial charge in [0, 0.05) is 0 Å². The summed E-state index contributed by atoms with van der Waals surface area (Å²) in [5.41, 5.74) is 6.71. The first-order valence-electron chi connectivity index (χ1n) is 6.43. The molecule has 10 heteroatoms. The van der Waals surface area contributed by atoms with Crippen molar-refractivity contribution in [2.75, 3.05) is 44.1 Å². The van der Waals surface area contributed by atoms with E-state index in [2.05, 4.69) is 15.4 Å². The van der Waals surface area contributed by atoms with Gasteiger partial charge in [0.25, 0.3) is 0 Å². The Labute approximate surface area is 123 Å². The molecule has 0 aliphatic heterocycles. The van der Waals surface area contributed by atoms with E-state index in [1.54, 1.807) is 6.26 Å². The van der Waals surface area contributed by atoms with E-state index < -0.39 is 18.1 Å². The van der Waals surface area contributed by atoms with Gasteiger partial charge in [-0.15, -0.1) is 10.3 Å². The third kappa shape index (κ3) is 23.4. The Morgan fingerprint density at radius 3 is 1.65 bits per heavy atom. The van der Waals surface area contributed by atoms with Crippen molar-refractivity contribution >= 4 is 18.1 Å². The molecule has 0 heterocycles. The van der Waals surface area contributed by atoms with Gasteiger partial charge in [-0.3, -0.25) is 0 Å². The maximum atomic E-state index is 10.4. The summed E-state index contributed by atoms with van der Waals surface area (Å²) in [5, 5.41) is 15.6. The lowest BCUT2D eigenvalue weighted by Crippen LogP contribution is -2.51. The molecule has 0 rings (SSSR count). The van der Waals surface area contributed by atoms with Gasteiger partial charge in [-0.2, -0.15) is 0 Å². The van der Waals surface area contributed by atoms with Crippen LogP contribution in [0.2, 0.25) is 0 Å². The molecule has 20 heavy (non-hydrogen) atoms. The van der Waals surface area contributed by atoms with Crippen LogP contribution in [0.4, 0.5) is 0 Å². The van der Waals surface area contributed by atoms with Gasteiger partial charge in [0.1, 0.15) is 0 Å². The van der Waals surface area contributed by atoms with Crippen LogP contribution in [-0.2, 0) is 8.54 Å². The van der Waals surface area contributed by atoms with E-state index in [0.717, 1.165) is 6.42 Å². The van der Waals surface area contributed by atoms with Crippen LogP contribution in [-0.4, -0.2) is 54.3 Å². The van der Waals surface area contributed by atoms with Crippen LogP contribution < -0.4 is 21.3 Å². The number of aliphatic hydroxyl groups is 2. The maximum Gasteiger partial charge on any atom is 0.0974 e. The molecular formula is C10H31N2O6PS. The Hall–Kier alpha value is 0.300. The van der Waals surface area contributed by atoms with Crippen molar-refractivity contribution in [2.45, 2.75) is 20.3 Å².